The van der Waals surface area contributed by atoms with Crippen molar-refractivity contribution in [2.24, 2.45) is 0 Å². The predicted molar refractivity (Wildman–Crippen MR) is 249 cm³/mol. The van der Waals surface area contributed by atoms with Crippen LogP contribution in [0.1, 0.15) is 44.5 Å². The number of hydrogen-bond donors (Lipinski definition) is 0. The van der Waals surface area contributed by atoms with Crippen LogP contribution in [0.3, 0.4) is 0 Å². The van der Waals surface area contributed by atoms with E-state index in [-0.39, 0.29) is 10.8 Å². The largest absolute Gasteiger partial charge is 0.470 e. The zero-order valence-corrected chi connectivity index (χ0v) is 34.6. The molecule has 0 saturated carbocycles. The highest BCUT2D eigenvalue weighted by atomic mass is 32.2. The molecule has 0 N–H and O–H groups in total. The summed E-state index contributed by atoms with van der Waals surface area (Å²) in [6.45, 7) is 2.23. The highest BCUT2D eigenvalue weighted by Crippen LogP contribution is 2.65. The summed E-state index contributed by atoms with van der Waals surface area (Å²) in [6, 6.07) is 76.9. The Balaban J connectivity index is 0.823. The molecule has 60 heavy (non-hydrogen) atoms. The Hall–Kier alpha value is -6.44. The average Bonchev–Trinajstić information content (AvgIpc) is 3.98. The third-order valence-electron chi connectivity index (χ3n) is 13.6. The second-order valence-corrected chi connectivity index (χ2v) is 19.2. The highest BCUT2D eigenvalue weighted by molar-refractivity contribution is 7.99. The van der Waals surface area contributed by atoms with Crippen molar-refractivity contribution in [1.82, 2.24) is 0 Å². The van der Waals surface area contributed by atoms with E-state index in [2.05, 4.69) is 213 Å². The Morgan fingerprint density at radius 1 is 0.333 bits per heavy atom. The van der Waals surface area contributed by atoms with Gasteiger partial charge in [0.05, 0.1) is 10.8 Å². The van der Waals surface area contributed by atoms with Crippen LogP contribution in [0.15, 0.2) is 216 Å². The van der Waals surface area contributed by atoms with Crippen LogP contribution in [0.4, 0.5) is 0 Å². The van der Waals surface area contributed by atoms with Crippen molar-refractivity contribution in [3.63, 3.8) is 0 Å². The van der Waals surface area contributed by atoms with E-state index in [1.165, 1.54) is 104 Å². The molecule has 0 heterocycles. The molecule has 0 saturated heterocycles. The van der Waals surface area contributed by atoms with Crippen molar-refractivity contribution < 1.29 is 4.52 Å². The van der Waals surface area contributed by atoms with E-state index in [1.54, 1.807) is 0 Å². The Morgan fingerprint density at radius 2 is 0.667 bits per heavy atom. The van der Waals surface area contributed by atoms with Gasteiger partial charge in [-0.3, -0.25) is 0 Å². The summed E-state index contributed by atoms with van der Waals surface area (Å²) >= 11 is 1.83. The van der Waals surface area contributed by atoms with E-state index in [4.69, 9.17) is 4.52 Å². The first-order chi connectivity index (χ1) is 29.7. The minimum atomic E-state index is -0.917. The van der Waals surface area contributed by atoms with Gasteiger partial charge in [0, 0.05) is 15.1 Å². The maximum Gasteiger partial charge on any atom is 0.124 e. The van der Waals surface area contributed by atoms with Gasteiger partial charge in [0.2, 0.25) is 0 Å². The average molecular weight is 801 g/mol. The Morgan fingerprint density at radius 3 is 1.08 bits per heavy atom. The molecule has 9 aromatic carbocycles. The fourth-order valence-electron chi connectivity index (χ4n) is 11.3. The Labute approximate surface area is 356 Å². The Bertz CT molecular complexity index is 3130. The van der Waals surface area contributed by atoms with E-state index >= 15 is 0 Å². The van der Waals surface area contributed by atoms with E-state index in [1.807, 2.05) is 11.8 Å². The monoisotopic (exact) mass is 800 g/mol. The van der Waals surface area contributed by atoms with Gasteiger partial charge in [-0.2, -0.15) is 0 Å². The molecule has 2 spiro atoms. The summed E-state index contributed by atoms with van der Waals surface area (Å²) < 4.78 is 6.91. The Kier molecular flexibility index (Phi) is 7.33. The molecule has 1 nitrogen and oxygen atoms in total. The first-order valence-corrected chi connectivity index (χ1v) is 23.3. The van der Waals surface area contributed by atoms with Gasteiger partial charge in [-0.05, 0) is 132 Å². The molecular formula is C57H37OPS. The second kappa shape index (κ2) is 12.8. The van der Waals surface area contributed by atoms with Gasteiger partial charge in [0.25, 0.3) is 0 Å². The van der Waals surface area contributed by atoms with Gasteiger partial charge in [-0.25, -0.2) is 0 Å². The number of rotatable bonds is 5. The summed E-state index contributed by atoms with van der Waals surface area (Å²) in [5.74, 6) is 0.915. The molecule has 282 valence electrons. The first-order valence-electron chi connectivity index (χ1n) is 20.7. The molecule has 4 aliphatic carbocycles. The second-order valence-electron chi connectivity index (χ2n) is 16.4. The summed E-state index contributed by atoms with van der Waals surface area (Å²) in [6.07, 6.45) is 0. The van der Waals surface area contributed by atoms with Crippen molar-refractivity contribution in [2.75, 3.05) is 6.66 Å². The molecule has 0 fully saturated rings. The molecule has 0 bridgehead atoms. The zero-order valence-electron chi connectivity index (χ0n) is 32.9. The van der Waals surface area contributed by atoms with Gasteiger partial charge in [0.15, 0.2) is 0 Å². The van der Waals surface area contributed by atoms with Gasteiger partial charge < -0.3 is 4.52 Å². The molecule has 4 aliphatic rings. The van der Waals surface area contributed by atoms with Crippen molar-refractivity contribution in [3.05, 3.63) is 251 Å². The van der Waals surface area contributed by atoms with Gasteiger partial charge in [0.1, 0.15) is 13.9 Å². The number of fused-ring (bicyclic) bond motifs is 20. The minimum Gasteiger partial charge on any atom is -0.470 e. The van der Waals surface area contributed by atoms with E-state index in [0.29, 0.717) is 0 Å². The van der Waals surface area contributed by atoms with Crippen molar-refractivity contribution in [1.29, 1.82) is 0 Å². The minimum absolute atomic E-state index is 0.334. The smallest absolute Gasteiger partial charge is 0.124 e. The highest BCUT2D eigenvalue weighted by Gasteiger charge is 2.53. The topological polar surface area (TPSA) is 9.23 Å². The van der Waals surface area contributed by atoms with E-state index in [0.717, 1.165) is 5.75 Å². The molecule has 1 atom stereocenters. The van der Waals surface area contributed by atoms with Crippen molar-refractivity contribution >= 4 is 25.2 Å². The fourth-order valence-corrected chi connectivity index (χ4v) is 13.3. The summed E-state index contributed by atoms with van der Waals surface area (Å²) in [5, 5.41) is 1.21. The SMILES string of the molecule is CP(Oc1ccc2c(c1)C1(c3ccccc3-c3ccccc31)c1ccccc1-2)c1ccc(Sc2ccc3c(c2)C2(c4ccccc4-c4ccccc42)c2ccccc2-3)cc1. The van der Waals surface area contributed by atoms with Crippen LogP contribution in [-0.2, 0) is 10.8 Å². The molecular weight excluding hydrogens is 764 g/mol. The van der Waals surface area contributed by atoms with Crippen LogP contribution in [0.5, 0.6) is 5.75 Å². The molecule has 0 aliphatic heterocycles. The van der Waals surface area contributed by atoms with Crippen molar-refractivity contribution in [3.8, 4) is 50.3 Å². The molecule has 0 radical (unpaired) electrons. The third kappa shape index (κ3) is 4.48. The van der Waals surface area contributed by atoms with Crippen LogP contribution in [0.2, 0.25) is 0 Å². The first kappa shape index (κ1) is 34.4. The fraction of sp³-hybridized carbons (Fsp3) is 0.0526. The van der Waals surface area contributed by atoms with Gasteiger partial charge in [-0.15, -0.1) is 0 Å². The van der Waals surface area contributed by atoms with Gasteiger partial charge >= 0.3 is 0 Å². The lowest BCUT2D eigenvalue weighted by atomic mass is 9.70. The van der Waals surface area contributed by atoms with Gasteiger partial charge in [-0.1, -0.05) is 182 Å². The van der Waals surface area contributed by atoms with E-state index < -0.39 is 8.15 Å². The van der Waals surface area contributed by atoms with Crippen LogP contribution in [-0.4, -0.2) is 6.66 Å². The number of hydrogen-bond acceptors (Lipinski definition) is 2. The predicted octanol–water partition coefficient (Wildman–Crippen LogP) is 14.3. The summed E-state index contributed by atoms with van der Waals surface area (Å²) in [5.41, 5.74) is 20.7. The molecule has 1 unspecified atom stereocenters. The van der Waals surface area contributed by atoms with Crippen LogP contribution < -0.4 is 9.83 Å². The maximum absolute atomic E-state index is 6.91. The lowest BCUT2D eigenvalue weighted by Crippen LogP contribution is -2.25. The standard InChI is InChI=1S/C57H37OPS/c1-59(58-36-26-32-46-44-18-6-12-24-52(44)56(54(46)34-36)48-20-8-2-14-40(48)41-15-3-9-21-49(41)56)37-27-29-38(30-28-37)60-39-31-33-47-45-19-7-13-25-53(45)57(55(47)35-39)50-22-10-4-16-42(50)43-17-5-11-23-51(43)57/h2-35H,1H3. The summed E-state index contributed by atoms with van der Waals surface area (Å²) in [7, 11) is -0.917. The quantitative estimate of drug-likeness (QED) is 0.160. The van der Waals surface area contributed by atoms with E-state index in [9.17, 15) is 0 Å². The summed E-state index contributed by atoms with van der Waals surface area (Å²) in [4.78, 5) is 2.46. The maximum atomic E-state index is 6.91. The van der Waals surface area contributed by atoms with Crippen LogP contribution >= 0.6 is 19.9 Å². The molecule has 13 rings (SSSR count). The molecule has 3 heteroatoms. The molecule has 0 amide bonds. The molecule has 9 aromatic rings. The van der Waals surface area contributed by atoms with Crippen LogP contribution in [0, 0.1) is 0 Å². The lowest BCUT2D eigenvalue weighted by Gasteiger charge is -2.30. The van der Waals surface area contributed by atoms with Crippen molar-refractivity contribution in [2.45, 2.75) is 20.6 Å². The van der Waals surface area contributed by atoms with Crippen LogP contribution in [0.25, 0.3) is 44.5 Å². The lowest BCUT2D eigenvalue weighted by molar-refractivity contribution is 0.623. The number of benzene rings is 9. The molecule has 0 aromatic heterocycles. The normalized spacial score (nSPS) is 15.0. The third-order valence-corrected chi connectivity index (χ3v) is 16.1. The zero-order chi connectivity index (χ0) is 39.6.